The average molecular weight is 108 g/mol. The third-order valence-corrected chi connectivity index (χ3v) is 2.78. The summed E-state index contributed by atoms with van der Waals surface area (Å²) in [5, 5.41) is 0. The van der Waals surface area contributed by atoms with Crippen LogP contribution in [0.5, 0.6) is 0 Å². The van der Waals surface area contributed by atoms with Crippen molar-refractivity contribution in [1.29, 1.82) is 0 Å². The standard InChI is InChI=1S/C8H12/c1-6-7-2-3-8(6)5-4-7/h7-8H,1-5H2. The molecular formula is C8H12. The van der Waals surface area contributed by atoms with Crippen molar-refractivity contribution in [3.8, 4) is 0 Å². The van der Waals surface area contributed by atoms with E-state index in [0.717, 1.165) is 11.8 Å². The van der Waals surface area contributed by atoms with Crippen LogP contribution >= 0.6 is 0 Å². The van der Waals surface area contributed by atoms with E-state index in [9.17, 15) is 0 Å². The lowest BCUT2D eigenvalue weighted by molar-refractivity contribution is 0.480. The predicted molar refractivity (Wildman–Crippen MR) is 34.6 cm³/mol. The van der Waals surface area contributed by atoms with E-state index < -0.39 is 0 Å². The molecule has 2 aliphatic rings. The van der Waals surface area contributed by atoms with Crippen molar-refractivity contribution in [3.63, 3.8) is 0 Å². The van der Waals surface area contributed by atoms with Gasteiger partial charge < -0.3 is 0 Å². The minimum Gasteiger partial charge on any atom is -0.0993 e. The lowest BCUT2D eigenvalue weighted by Gasteiger charge is -2.04. The summed E-state index contributed by atoms with van der Waals surface area (Å²) in [7, 11) is 0. The molecule has 0 nitrogen and oxygen atoms in total. The molecule has 0 aromatic rings. The van der Waals surface area contributed by atoms with Crippen LogP contribution in [0.4, 0.5) is 0 Å². The van der Waals surface area contributed by atoms with Crippen LogP contribution in [0.15, 0.2) is 12.2 Å². The Hall–Kier alpha value is -0.260. The average Bonchev–Trinajstić information content (AvgIpc) is 2.29. The molecular weight excluding hydrogens is 96.1 g/mol. The Labute approximate surface area is 50.6 Å². The van der Waals surface area contributed by atoms with Crippen molar-refractivity contribution in [2.75, 3.05) is 0 Å². The van der Waals surface area contributed by atoms with Gasteiger partial charge in [-0.2, -0.15) is 0 Å². The van der Waals surface area contributed by atoms with Crippen molar-refractivity contribution in [2.24, 2.45) is 11.8 Å². The lowest BCUT2D eigenvalue weighted by atomic mass is 10.0. The fraction of sp³-hybridized carbons (Fsp3) is 0.750. The zero-order valence-corrected chi connectivity index (χ0v) is 5.19. The number of fused-ring (bicyclic) bond motifs is 2. The fourth-order valence-corrected chi connectivity index (χ4v) is 2.17. The summed E-state index contributed by atoms with van der Waals surface area (Å²) in [5.74, 6) is 1.89. The minimum atomic E-state index is 0.944. The van der Waals surface area contributed by atoms with Crippen molar-refractivity contribution in [2.45, 2.75) is 25.7 Å². The summed E-state index contributed by atoms with van der Waals surface area (Å²) in [4.78, 5) is 0. The van der Waals surface area contributed by atoms with E-state index in [1.165, 1.54) is 25.7 Å². The highest BCUT2D eigenvalue weighted by molar-refractivity contribution is 5.15. The molecule has 0 unspecified atom stereocenters. The van der Waals surface area contributed by atoms with Crippen LogP contribution < -0.4 is 0 Å². The molecule has 2 rings (SSSR count). The highest BCUT2D eigenvalue weighted by Crippen LogP contribution is 2.47. The first-order chi connectivity index (χ1) is 3.88. The van der Waals surface area contributed by atoms with Crippen LogP contribution in [0.3, 0.4) is 0 Å². The van der Waals surface area contributed by atoms with Gasteiger partial charge >= 0.3 is 0 Å². The van der Waals surface area contributed by atoms with Crippen LogP contribution in [-0.2, 0) is 0 Å². The third-order valence-electron chi connectivity index (χ3n) is 2.78. The Kier molecular flexibility index (Phi) is 0.787. The molecule has 0 aromatic carbocycles. The van der Waals surface area contributed by atoms with Gasteiger partial charge in [-0.1, -0.05) is 12.2 Å². The summed E-state index contributed by atoms with van der Waals surface area (Å²) in [6.07, 6.45) is 5.79. The van der Waals surface area contributed by atoms with Gasteiger partial charge in [0.25, 0.3) is 0 Å². The number of allylic oxidation sites excluding steroid dienone is 1. The predicted octanol–water partition coefficient (Wildman–Crippen LogP) is 2.36. The Bertz CT molecular complexity index is 102. The largest absolute Gasteiger partial charge is 0.0993 e. The molecule has 0 saturated heterocycles. The van der Waals surface area contributed by atoms with Gasteiger partial charge in [-0.25, -0.2) is 0 Å². The molecule has 2 aliphatic carbocycles. The van der Waals surface area contributed by atoms with Gasteiger partial charge in [0.2, 0.25) is 0 Å². The van der Waals surface area contributed by atoms with Gasteiger partial charge in [0.05, 0.1) is 0 Å². The molecule has 0 heteroatoms. The van der Waals surface area contributed by atoms with Gasteiger partial charge in [0, 0.05) is 0 Å². The molecule has 0 radical (unpaired) electrons. The molecule has 2 saturated carbocycles. The molecule has 0 aromatic heterocycles. The van der Waals surface area contributed by atoms with E-state index in [2.05, 4.69) is 6.58 Å². The monoisotopic (exact) mass is 108 g/mol. The smallest absolute Gasteiger partial charge is 0.0203 e. The van der Waals surface area contributed by atoms with Crippen LogP contribution in [0.1, 0.15) is 25.7 Å². The Morgan fingerprint density at radius 3 is 1.50 bits per heavy atom. The Morgan fingerprint density at radius 1 is 1.00 bits per heavy atom. The van der Waals surface area contributed by atoms with E-state index in [0.29, 0.717) is 0 Å². The quantitative estimate of drug-likeness (QED) is 0.418. The first-order valence-electron chi connectivity index (χ1n) is 3.56. The minimum absolute atomic E-state index is 0.944. The second kappa shape index (κ2) is 1.37. The molecule has 44 valence electrons. The van der Waals surface area contributed by atoms with Gasteiger partial charge in [-0.3, -0.25) is 0 Å². The topological polar surface area (TPSA) is 0 Å². The maximum absolute atomic E-state index is 4.08. The number of rotatable bonds is 0. The first-order valence-corrected chi connectivity index (χ1v) is 3.56. The molecule has 2 bridgehead atoms. The van der Waals surface area contributed by atoms with E-state index in [1.807, 2.05) is 0 Å². The summed E-state index contributed by atoms with van der Waals surface area (Å²) in [6.45, 7) is 4.08. The summed E-state index contributed by atoms with van der Waals surface area (Å²) >= 11 is 0. The van der Waals surface area contributed by atoms with Gasteiger partial charge in [0.1, 0.15) is 0 Å². The molecule has 0 N–H and O–H groups in total. The normalized spacial score (nSPS) is 43.8. The third kappa shape index (κ3) is 0.410. The van der Waals surface area contributed by atoms with Crippen molar-refractivity contribution in [1.82, 2.24) is 0 Å². The Balaban J connectivity index is 2.28. The van der Waals surface area contributed by atoms with Gasteiger partial charge in [-0.15, -0.1) is 0 Å². The van der Waals surface area contributed by atoms with Crippen LogP contribution in [0, 0.1) is 11.8 Å². The van der Waals surface area contributed by atoms with Crippen molar-refractivity contribution in [3.05, 3.63) is 12.2 Å². The van der Waals surface area contributed by atoms with Crippen LogP contribution in [-0.4, -0.2) is 0 Å². The second-order valence-electron chi connectivity index (χ2n) is 3.12. The maximum Gasteiger partial charge on any atom is -0.0203 e. The van der Waals surface area contributed by atoms with E-state index in [4.69, 9.17) is 0 Å². The van der Waals surface area contributed by atoms with Crippen molar-refractivity contribution < 1.29 is 0 Å². The number of hydrogen-bond donors (Lipinski definition) is 0. The van der Waals surface area contributed by atoms with E-state index >= 15 is 0 Å². The second-order valence-corrected chi connectivity index (χ2v) is 3.12. The summed E-state index contributed by atoms with van der Waals surface area (Å²) < 4.78 is 0. The highest BCUT2D eigenvalue weighted by Gasteiger charge is 2.34. The highest BCUT2D eigenvalue weighted by atomic mass is 14.4. The molecule has 2 fully saturated rings. The zero-order chi connectivity index (χ0) is 5.56. The maximum atomic E-state index is 4.08. The SMILES string of the molecule is C=C1C2CCC1CC2. The molecule has 0 amide bonds. The summed E-state index contributed by atoms with van der Waals surface area (Å²) in [6, 6.07) is 0. The summed E-state index contributed by atoms with van der Waals surface area (Å²) in [5.41, 5.74) is 1.57. The molecule has 0 aliphatic heterocycles. The number of hydrogen-bond acceptors (Lipinski definition) is 0. The van der Waals surface area contributed by atoms with E-state index in [1.54, 1.807) is 5.57 Å². The van der Waals surface area contributed by atoms with Crippen LogP contribution in [0.2, 0.25) is 0 Å². The fourth-order valence-electron chi connectivity index (χ4n) is 2.17. The van der Waals surface area contributed by atoms with Crippen LogP contribution in [0.25, 0.3) is 0 Å². The molecule has 0 spiro atoms. The lowest BCUT2D eigenvalue weighted by Crippen LogP contribution is -1.90. The molecule has 8 heavy (non-hydrogen) atoms. The first kappa shape index (κ1) is 4.60. The zero-order valence-electron chi connectivity index (χ0n) is 5.19. The molecule has 0 heterocycles. The Morgan fingerprint density at radius 2 is 1.38 bits per heavy atom. The van der Waals surface area contributed by atoms with Gasteiger partial charge in [-0.05, 0) is 37.5 Å². The van der Waals surface area contributed by atoms with Gasteiger partial charge in [0.15, 0.2) is 0 Å². The molecule has 0 atom stereocenters. The van der Waals surface area contributed by atoms with Crippen molar-refractivity contribution >= 4 is 0 Å². The van der Waals surface area contributed by atoms with E-state index in [-0.39, 0.29) is 0 Å².